The first-order valence-corrected chi connectivity index (χ1v) is 11.4. The number of fused-ring (bicyclic) bond motifs is 3. The van der Waals surface area contributed by atoms with Gasteiger partial charge in [0.15, 0.2) is 0 Å². The predicted molar refractivity (Wildman–Crippen MR) is 126 cm³/mol. The lowest BCUT2D eigenvalue weighted by Gasteiger charge is -2.32. The molecule has 0 aliphatic carbocycles. The molecule has 1 aliphatic rings. The summed E-state index contributed by atoms with van der Waals surface area (Å²) in [4.78, 5) is 16.5. The monoisotopic (exact) mass is 438 g/mol. The summed E-state index contributed by atoms with van der Waals surface area (Å²) in [5.74, 6) is 0.896. The molecule has 0 fully saturated rings. The summed E-state index contributed by atoms with van der Waals surface area (Å²) in [6.07, 6.45) is 0.851. The Kier molecular flexibility index (Phi) is 5.71. The minimum absolute atomic E-state index is 0.0469. The van der Waals surface area contributed by atoms with Gasteiger partial charge in [0.05, 0.1) is 19.4 Å². The molecule has 3 heterocycles. The quantitative estimate of drug-likeness (QED) is 0.531. The standard InChI is InChI=1S/C25H30N2O3S/c1-25(2,3)26(4)24(28)20-14-19(22-8-7-11-31-22)23-18-12-17(15-29-5)21(30-6)13-16(18)9-10-27(20)23/h7-8,11-14H,9-10,15H2,1-6H3. The molecule has 6 heteroatoms. The van der Waals surface area contributed by atoms with E-state index < -0.39 is 0 Å². The van der Waals surface area contributed by atoms with Crippen LogP contribution >= 0.6 is 11.3 Å². The van der Waals surface area contributed by atoms with E-state index in [4.69, 9.17) is 9.47 Å². The molecule has 0 N–H and O–H groups in total. The number of rotatable bonds is 5. The molecule has 0 atom stereocenters. The summed E-state index contributed by atoms with van der Waals surface area (Å²) >= 11 is 1.70. The molecule has 1 amide bonds. The lowest BCUT2D eigenvalue weighted by atomic mass is 9.93. The predicted octanol–water partition coefficient (Wildman–Crippen LogP) is 5.47. The van der Waals surface area contributed by atoms with Crippen LogP contribution in [0.3, 0.4) is 0 Å². The van der Waals surface area contributed by atoms with Gasteiger partial charge in [-0.1, -0.05) is 6.07 Å². The van der Waals surface area contributed by atoms with Crippen molar-refractivity contribution in [1.29, 1.82) is 0 Å². The van der Waals surface area contributed by atoms with Crippen molar-refractivity contribution in [1.82, 2.24) is 9.47 Å². The van der Waals surface area contributed by atoms with E-state index in [9.17, 15) is 4.79 Å². The minimum atomic E-state index is -0.254. The number of ether oxygens (including phenoxy) is 2. The average molecular weight is 439 g/mol. The van der Waals surface area contributed by atoms with E-state index in [0.717, 1.165) is 51.7 Å². The zero-order valence-corrected chi connectivity index (χ0v) is 19.9. The fraction of sp³-hybridized carbons (Fsp3) is 0.400. The lowest BCUT2D eigenvalue weighted by molar-refractivity contribution is 0.0644. The van der Waals surface area contributed by atoms with Gasteiger partial charge in [-0.2, -0.15) is 0 Å². The highest BCUT2D eigenvalue weighted by atomic mass is 32.1. The van der Waals surface area contributed by atoms with Crippen molar-refractivity contribution in [3.63, 3.8) is 0 Å². The molecule has 4 rings (SSSR count). The number of amides is 1. The van der Waals surface area contributed by atoms with Crippen LogP contribution in [0.15, 0.2) is 35.7 Å². The number of aromatic nitrogens is 1. The smallest absolute Gasteiger partial charge is 0.270 e. The van der Waals surface area contributed by atoms with Crippen molar-refractivity contribution < 1.29 is 14.3 Å². The maximum atomic E-state index is 13.5. The number of carbonyl (C=O) groups excluding carboxylic acids is 1. The minimum Gasteiger partial charge on any atom is -0.496 e. The number of hydrogen-bond acceptors (Lipinski definition) is 4. The SMILES string of the molecule is COCc1cc2c(cc1OC)CCn1c(C(=O)N(C)C(C)(C)C)cc(-c3cccs3)c1-2. The highest BCUT2D eigenvalue weighted by Gasteiger charge is 2.31. The zero-order valence-electron chi connectivity index (χ0n) is 19.1. The first kappa shape index (κ1) is 21.7. The summed E-state index contributed by atoms with van der Waals surface area (Å²) in [5, 5.41) is 2.08. The van der Waals surface area contributed by atoms with Crippen LogP contribution < -0.4 is 4.74 Å². The van der Waals surface area contributed by atoms with E-state index in [1.54, 1.807) is 25.6 Å². The number of hydrogen-bond donors (Lipinski definition) is 0. The fourth-order valence-electron chi connectivity index (χ4n) is 4.13. The van der Waals surface area contributed by atoms with E-state index in [1.165, 1.54) is 5.56 Å². The molecular formula is C25H30N2O3S. The van der Waals surface area contributed by atoms with Gasteiger partial charge in [0.1, 0.15) is 11.4 Å². The molecule has 3 aromatic rings. The van der Waals surface area contributed by atoms with Gasteiger partial charge >= 0.3 is 0 Å². The van der Waals surface area contributed by atoms with Crippen molar-refractivity contribution in [2.45, 2.75) is 45.9 Å². The second-order valence-corrected chi connectivity index (χ2v) is 9.91. The zero-order chi connectivity index (χ0) is 22.3. The molecule has 0 radical (unpaired) electrons. The Labute approximate surface area is 188 Å². The van der Waals surface area contributed by atoms with Gasteiger partial charge in [-0.25, -0.2) is 0 Å². The van der Waals surface area contributed by atoms with Gasteiger partial charge in [-0.05, 0) is 62.4 Å². The summed E-state index contributed by atoms with van der Waals surface area (Å²) in [6, 6.07) is 10.5. The van der Waals surface area contributed by atoms with Crippen LogP contribution in [-0.2, 0) is 24.3 Å². The molecule has 1 aromatic carbocycles. The van der Waals surface area contributed by atoms with Crippen LogP contribution in [0, 0.1) is 0 Å². The number of carbonyl (C=O) groups is 1. The van der Waals surface area contributed by atoms with Crippen LogP contribution in [0.5, 0.6) is 5.75 Å². The maximum absolute atomic E-state index is 13.5. The van der Waals surface area contributed by atoms with Gasteiger partial charge in [-0.3, -0.25) is 4.79 Å². The van der Waals surface area contributed by atoms with Crippen molar-refractivity contribution in [3.8, 4) is 27.4 Å². The molecule has 31 heavy (non-hydrogen) atoms. The van der Waals surface area contributed by atoms with Gasteiger partial charge in [-0.15, -0.1) is 11.3 Å². The van der Waals surface area contributed by atoms with Crippen LogP contribution in [0.4, 0.5) is 0 Å². The molecule has 0 saturated carbocycles. The van der Waals surface area contributed by atoms with Crippen LogP contribution in [-0.4, -0.2) is 42.2 Å². The van der Waals surface area contributed by atoms with Gasteiger partial charge in [0.2, 0.25) is 0 Å². The largest absolute Gasteiger partial charge is 0.496 e. The summed E-state index contributed by atoms with van der Waals surface area (Å²) in [5.41, 5.74) is 6.10. The number of benzene rings is 1. The third-order valence-electron chi connectivity index (χ3n) is 6.08. The van der Waals surface area contributed by atoms with Gasteiger partial charge in [0, 0.05) is 47.8 Å². The third-order valence-corrected chi connectivity index (χ3v) is 6.98. The number of methoxy groups -OCH3 is 2. The van der Waals surface area contributed by atoms with E-state index in [-0.39, 0.29) is 11.4 Å². The van der Waals surface area contributed by atoms with Crippen LogP contribution in [0.25, 0.3) is 21.7 Å². The molecule has 0 bridgehead atoms. The first-order valence-electron chi connectivity index (χ1n) is 10.5. The average Bonchev–Trinajstić information content (AvgIpc) is 3.39. The molecule has 2 aromatic heterocycles. The Hall–Kier alpha value is -2.57. The molecule has 5 nitrogen and oxygen atoms in total. The molecule has 0 saturated heterocycles. The second-order valence-electron chi connectivity index (χ2n) is 8.96. The molecule has 0 unspecified atom stereocenters. The molecule has 164 valence electrons. The number of nitrogens with zero attached hydrogens (tertiary/aromatic N) is 2. The van der Waals surface area contributed by atoms with Crippen LogP contribution in [0.1, 0.15) is 42.4 Å². The highest BCUT2D eigenvalue weighted by Crippen LogP contribution is 2.43. The highest BCUT2D eigenvalue weighted by molar-refractivity contribution is 7.13. The second kappa shape index (κ2) is 8.17. The third kappa shape index (κ3) is 3.79. The Balaban J connectivity index is 1.94. The first-order chi connectivity index (χ1) is 14.8. The Morgan fingerprint density at radius 1 is 1.19 bits per heavy atom. The van der Waals surface area contributed by atoms with E-state index in [0.29, 0.717) is 6.61 Å². The summed E-state index contributed by atoms with van der Waals surface area (Å²) in [7, 11) is 5.27. The van der Waals surface area contributed by atoms with E-state index >= 15 is 0 Å². The summed E-state index contributed by atoms with van der Waals surface area (Å²) < 4.78 is 13.2. The Morgan fingerprint density at radius 3 is 2.58 bits per heavy atom. The van der Waals surface area contributed by atoms with Crippen molar-refractivity contribution in [3.05, 3.63) is 52.5 Å². The number of aryl methyl sites for hydroxylation is 1. The fourth-order valence-corrected chi connectivity index (χ4v) is 4.87. The topological polar surface area (TPSA) is 43.7 Å². The lowest BCUT2D eigenvalue weighted by Crippen LogP contribution is -2.43. The van der Waals surface area contributed by atoms with Crippen molar-refractivity contribution >= 4 is 17.2 Å². The van der Waals surface area contributed by atoms with E-state index in [1.807, 2.05) is 11.9 Å². The summed E-state index contributed by atoms with van der Waals surface area (Å²) in [6.45, 7) is 7.42. The Bertz CT molecular complexity index is 1110. The number of thiophene rings is 1. The normalized spacial score (nSPS) is 13.0. The molecule has 0 spiro atoms. The van der Waals surface area contributed by atoms with Gasteiger partial charge < -0.3 is 18.9 Å². The van der Waals surface area contributed by atoms with E-state index in [2.05, 4.69) is 61.1 Å². The van der Waals surface area contributed by atoms with Gasteiger partial charge in [0.25, 0.3) is 5.91 Å². The van der Waals surface area contributed by atoms with Crippen LogP contribution in [0.2, 0.25) is 0 Å². The Morgan fingerprint density at radius 2 is 1.97 bits per heavy atom. The van der Waals surface area contributed by atoms with Crippen molar-refractivity contribution in [2.24, 2.45) is 0 Å². The molecular weight excluding hydrogens is 408 g/mol. The maximum Gasteiger partial charge on any atom is 0.270 e. The van der Waals surface area contributed by atoms with Crippen molar-refractivity contribution in [2.75, 3.05) is 21.3 Å². The molecule has 1 aliphatic heterocycles.